The number of benzene rings is 2. The predicted molar refractivity (Wildman–Crippen MR) is 112 cm³/mol. The fourth-order valence-electron chi connectivity index (χ4n) is 3.37. The van der Waals surface area contributed by atoms with Gasteiger partial charge in [-0.25, -0.2) is 0 Å². The van der Waals surface area contributed by atoms with Gasteiger partial charge in [0.05, 0.1) is 5.70 Å². The normalized spacial score (nSPS) is 15.4. The van der Waals surface area contributed by atoms with Crippen molar-refractivity contribution in [2.45, 2.75) is 13.0 Å². The van der Waals surface area contributed by atoms with E-state index < -0.39 is 0 Å². The second kappa shape index (κ2) is 8.10. The van der Waals surface area contributed by atoms with E-state index >= 15 is 0 Å². The van der Waals surface area contributed by atoms with E-state index in [-0.39, 0.29) is 18.5 Å². The number of amides is 1. The van der Waals surface area contributed by atoms with E-state index in [1.54, 1.807) is 10.8 Å². The van der Waals surface area contributed by atoms with Crippen molar-refractivity contribution in [1.82, 2.24) is 25.5 Å². The Kier molecular flexibility index (Phi) is 5.20. The topological polar surface area (TPSA) is 75.9 Å². The van der Waals surface area contributed by atoms with Gasteiger partial charge in [-0.15, -0.1) is 6.58 Å². The van der Waals surface area contributed by atoms with Crippen molar-refractivity contribution >= 4 is 17.6 Å². The van der Waals surface area contributed by atoms with Crippen LogP contribution in [0.3, 0.4) is 0 Å². The summed E-state index contributed by atoms with van der Waals surface area (Å²) in [7, 11) is 0. The van der Waals surface area contributed by atoms with E-state index in [0.29, 0.717) is 12.5 Å². The number of aryl methyl sites for hydroxylation is 1. The summed E-state index contributed by atoms with van der Waals surface area (Å²) < 4.78 is 1.74. The van der Waals surface area contributed by atoms with Gasteiger partial charge in [-0.05, 0) is 34.6 Å². The molecule has 0 bridgehead atoms. The summed E-state index contributed by atoms with van der Waals surface area (Å²) in [6.07, 6.45) is 3.75. The highest BCUT2D eigenvalue weighted by Crippen LogP contribution is 2.35. The lowest BCUT2D eigenvalue weighted by Gasteiger charge is -2.32. The minimum Gasteiger partial charge on any atom is -0.351 e. The Morgan fingerprint density at radius 3 is 2.66 bits per heavy atom. The first-order chi connectivity index (χ1) is 14.2. The minimum absolute atomic E-state index is 0.107. The molecule has 0 fully saturated rings. The second-order valence-electron chi connectivity index (χ2n) is 6.88. The fraction of sp³-hybridized carbons (Fsp3) is 0.182. The van der Waals surface area contributed by atoms with Crippen molar-refractivity contribution in [2.75, 3.05) is 18.0 Å². The van der Waals surface area contributed by atoms with Crippen LogP contribution in [0.5, 0.6) is 0 Å². The van der Waals surface area contributed by atoms with E-state index in [1.165, 1.54) is 5.56 Å². The number of rotatable bonds is 6. The molecule has 0 aliphatic carbocycles. The van der Waals surface area contributed by atoms with Crippen LogP contribution in [0.25, 0.3) is 5.70 Å². The molecule has 1 aromatic heterocycles. The van der Waals surface area contributed by atoms with Crippen LogP contribution in [0, 0.1) is 6.92 Å². The number of aromatic nitrogens is 4. The average Bonchev–Trinajstić information content (AvgIpc) is 3.24. The summed E-state index contributed by atoms with van der Waals surface area (Å²) in [6, 6.07) is 18.1. The molecule has 4 rings (SSSR count). The quantitative estimate of drug-likeness (QED) is 0.659. The molecule has 29 heavy (non-hydrogen) atoms. The number of nitrogens with zero attached hydrogens (tertiary/aromatic N) is 5. The van der Waals surface area contributed by atoms with E-state index in [4.69, 9.17) is 0 Å². The molecule has 7 heteroatoms. The van der Waals surface area contributed by atoms with Gasteiger partial charge >= 0.3 is 0 Å². The highest BCUT2D eigenvalue weighted by atomic mass is 16.2. The Bertz CT molecular complexity index is 1040. The molecule has 1 N–H and O–H groups in total. The second-order valence-corrected chi connectivity index (χ2v) is 6.88. The molecule has 1 amide bonds. The third-order valence-corrected chi connectivity index (χ3v) is 4.82. The molecule has 0 radical (unpaired) electrons. The molecule has 7 nitrogen and oxygen atoms in total. The summed E-state index contributed by atoms with van der Waals surface area (Å²) in [6.45, 7) is 6.21. The predicted octanol–water partition coefficient (Wildman–Crippen LogP) is 2.73. The standard InChI is InChI=1S/C22H22N6O/c1-3-13-23-21(29)15-27-19(18-11-9-16(2)10-12-18)14-20(17-7-5-4-6-8-17)28-22(27)24-25-26-28/h3-12,14,20H,1,13,15H2,2H3,(H,23,29)/t20-/m0/s1. The number of nitrogens with one attached hydrogen (secondary N) is 1. The van der Waals surface area contributed by atoms with Crippen LogP contribution in [0.15, 0.2) is 73.3 Å². The summed E-state index contributed by atoms with van der Waals surface area (Å²) in [5.41, 5.74) is 4.14. The first-order valence-corrected chi connectivity index (χ1v) is 9.44. The monoisotopic (exact) mass is 386 g/mol. The Morgan fingerprint density at radius 2 is 1.93 bits per heavy atom. The average molecular weight is 386 g/mol. The number of anilines is 1. The molecule has 1 aliphatic rings. The number of hydrogen-bond donors (Lipinski definition) is 1. The van der Waals surface area contributed by atoms with Crippen molar-refractivity contribution in [1.29, 1.82) is 0 Å². The first kappa shape index (κ1) is 18.6. The Morgan fingerprint density at radius 1 is 1.17 bits per heavy atom. The molecule has 0 saturated carbocycles. The van der Waals surface area contributed by atoms with Gasteiger partial charge in [0.15, 0.2) is 0 Å². The van der Waals surface area contributed by atoms with Crippen LogP contribution in [0.2, 0.25) is 0 Å². The molecule has 0 saturated heterocycles. The van der Waals surface area contributed by atoms with Gasteiger partial charge in [-0.3, -0.25) is 9.69 Å². The molecule has 0 unspecified atom stereocenters. The van der Waals surface area contributed by atoms with Crippen LogP contribution >= 0.6 is 0 Å². The molecule has 2 aromatic carbocycles. The van der Waals surface area contributed by atoms with Gasteiger partial charge in [0.1, 0.15) is 12.6 Å². The van der Waals surface area contributed by atoms with Gasteiger partial charge in [-0.1, -0.05) is 71.3 Å². The zero-order chi connectivity index (χ0) is 20.2. The SMILES string of the molecule is C=CCNC(=O)CN1C(c2ccc(C)cc2)=C[C@@H](c2ccccc2)n2nnnc21. The van der Waals surface area contributed by atoms with Crippen molar-refractivity contribution in [3.63, 3.8) is 0 Å². The largest absolute Gasteiger partial charge is 0.351 e. The zero-order valence-electron chi connectivity index (χ0n) is 16.2. The van der Waals surface area contributed by atoms with Gasteiger partial charge < -0.3 is 5.32 Å². The maximum Gasteiger partial charge on any atom is 0.251 e. The molecule has 1 aliphatic heterocycles. The lowest BCUT2D eigenvalue weighted by atomic mass is 10.00. The minimum atomic E-state index is -0.162. The Labute approximate surface area is 169 Å². The maximum atomic E-state index is 12.5. The van der Waals surface area contributed by atoms with E-state index in [1.807, 2.05) is 42.2 Å². The highest BCUT2D eigenvalue weighted by molar-refractivity contribution is 5.89. The number of allylic oxidation sites excluding steroid dienone is 1. The van der Waals surface area contributed by atoms with E-state index in [0.717, 1.165) is 16.8 Å². The Hall–Kier alpha value is -3.74. The molecule has 3 aromatic rings. The number of carbonyl (C=O) groups is 1. The van der Waals surface area contributed by atoms with Crippen LogP contribution < -0.4 is 10.2 Å². The fourth-order valence-corrected chi connectivity index (χ4v) is 3.37. The van der Waals surface area contributed by atoms with Crippen LogP contribution in [-0.2, 0) is 4.79 Å². The van der Waals surface area contributed by atoms with Gasteiger partial charge in [-0.2, -0.15) is 4.68 Å². The van der Waals surface area contributed by atoms with Crippen molar-refractivity contribution in [2.24, 2.45) is 0 Å². The first-order valence-electron chi connectivity index (χ1n) is 9.44. The van der Waals surface area contributed by atoms with Crippen LogP contribution in [-0.4, -0.2) is 39.2 Å². The lowest BCUT2D eigenvalue weighted by Crippen LogP contribution is -2.40. The van der Waals surface area contributed by atoms with Gasteiger partial charge in [0.25, 0.3) is 5.95 Å². The number of fused-ring (bicyclic) bond motifs is 1. The van der Waals surface area contributed by atoms with Crippen molar-refractivity contribution in [3.05, 3.63) is 90.0 Å². The van der Waals surface area contributed by atoms with Gasteiger partial charge in [0.2, 0.25) is 5.91 Å². The summed E-state index contributed by atoms with van der Waals surface area (Å²) in [5, 5.41) is 15.1. The molecule has 0 spiro atoms. The maximum absolute atomic E-state index is 12.5. The molecule has 1 atom stereocenters. The highest BCUT2D eigenvalue weighted by Gasteiger charge is 2.31. The number of carbonyl (C=O) groups excluding carboxylic acids is 1. The third kappa shape index (κ3) is 3.80. The molecule has 2 heterocycles. The molecular formula is C22H22N6O. The van der Waals surface area contributed by atoms with Gasteiger partial charge in [0, 0.05) is 6.54 Å². The number of tetrazole rings is 1. The zero-order valence-corrected chi connectivity index (χ0v) is 16.2. The third-order valence-electron chi connectivity index (χ3n) is 4.82. The summed E-state index contributed by atoms with van der Waals surface area (Å²) in [4.78, 5) is 14.3. The smallest absolute Gasteiger partial charge is 0.251 e. The molecule has 146 valence electrons. The van der Waals surface area contributed by atoms with Crippen molar-refractivity contribution in [3.8, 4) is 0 Å². The lowest BCUT2D eigenvalue weighted by molar-refractivity contribution is -0.119. The Balaban J connectivity index is 1.79. The van der Waals surface area contributed by atoms with E-state index in [2.05, 4.69) is 57.8 Å². The number of hydrogen-bond acceptors (Lipinski definition) is 5. The van der Waals surface area contributed by atoms with Crippen molar-refractivity contribution < 1.29 is 4.79 Å². The van der Waals surface area contributed by atoms with Crippen LogP contribution in [0.1, 0.15) is 22.7 Å². The van der Waals surface area contributed by atoms with Crippen LogP contribution in [0.4, 0.5) is 5.95 Å². The molecular weight excluding hydrogens is 364 g/mol. The summed E-state index contributed by atoms with van der Waals surface area (Å²) >= 11 is 0. The van der Waals surface area contributed by atoms with E-state index in [9.17, 15) is 4.79 Å². The summed E-state index contributed by atoms with van der Waals surface area (Å²) in [5.74, 6) is 0.404.